The van der Waals surface area contributed by atoms with Crippen molar-refractivity contribution >= 4 is 17.5 Å². The van der Waals surface area contributed by atoms with Gasteiger partial charge in [-0.3, -0.25) is 10.4 Å². The molecular weight excluding hydrogens is 254 g/mol. The molecule has 2 aromatic rings. The topological polar surface area (TPSA) is 81.8 Å². The predicted octanol–water partition coefficient (Wildman–Crippen LogP) is 2.01. The quantitative estimate of drug-likeness (QED) is 0.674. The Balaban J connectivity index is 1.69. The van der Waals surface area contributed by atoms with E-state index >= 15 is 0 Å². The minimum atomic E-state index is -0.282. The third-order valence-electron chi connectivity index (χ3n) is 3.31. The molecule has 6 heteroatoms. The molecule has 20 heavy (non-hydrogen) atoms. The predicted molar refractivity (Wildman–Crippen MR) is 77.8 cm³/mol. The number of rotatable bonds is 2. The zero-order valence-corrected chi connectivity index (χ0v) is 11.3. The molecule has 0 unspecified atom stereocenters. The standard InChI is InChI=1S/C14H17N5O/c1-9-3-2-4-10(7-9)16-14(20)17-13-11-8-15-6-5-12(11)18-19-13/h2-4,7,15H,5-6,8H2,1H3,(H3,16,17,18,19,20). The van der Waals surface area contributed by atoms with Gasteiger partial charge in [-0.05, 0) is 24.6 Å². The first-order valence-electron chi connectivity index (χ1n) is 6.64. The van der Waals surface area contributed by atoms with E-state index in [1.54, 1.807) is 0 Å². The van der Waals surface area contributed by atoms with Crippen molar-refractivity contribution < 1.29 is 4.79 Å². The molecule has 104 valence electrons. The Hall–Kier alpha value is -2.34. The van der Waals surface area contributed by atoms with E-state index in [1.165, 1.54) is 0 Å². The highest BCUT2D eigenvalue weighted by Crippen LogP contribution is 2.20. The highest BCUT2D eigenvalue weighted by molar-refractivity contribution is 5.99. The molecule has 1 aromatic carbocycles. The van der Waals surface area contributed by atoms with Gasteiger partial charge < -0.3 is 10.6 Å². The zero-order valence-electron chi connectivity index (χ0n) is 11.3. The summed E-state index contributed by atoms with van der Waals surface area (Å²) < 4.78 is 0. The molecular formula is C14H17N5O. The number of nitrogens with one attached hydrogen (secondary N) is 4. The number of urea groups is 1. The second kappa shape index (κ2) is 5.34. The van der Waals surface area contributed by atoms with Crippen LogP contribution in [0.3, 0.4) is 0 Å². The van der Waals surface area contributed by atoms with Gasteiger partial charge in [0.1, 0.15) is 0 Å². The molecule has 0 bridgehead atoms. The zero-order chi connectivity index (χ0) is 13.9. The van der Waals surface area contributed by atoms with Gasteiger partial charge in [0.25, 0.3) is 0 Å². The molecule has 2 amide bonds. The lowest BCUT2D eigenvalue weighted by molar-refractivity contribution is 0.262. The van der Waals surface area contributed by atoms with Gasteiger partial charge in [0.2, 0.25) is 0 Å². The minimum absolute atomic E-state index is 0.282. The number of anilines is 2. The molecule has 3 rings (SSSR count). The molecule has 0 saturated carbocycles. The first-order valence-corrected chi connectivity index (χ1v) is 6.64. The third-order valence-corrected chi connectivity index (χ3v) is 3.31. The van der Waals surface area contributed by atoms with Crippen LogP contribution in [0.15, 0.2) is 24.3 Å². The summed E-state index contributed by atoms with van der Waals surface area (Å²) in [5.41, 5.74) is 4.00. The summed E-state index contributed by atoms with van der Waals surface area (Å²) in [4.78, 5) is 12.0. The molecule has 2 heterocycles. The number of fused-ring (bicyclic) bond motifs is 1. The van der Waals surface area contributed by atoms with E-state index in [0.717, 1.165) is 42.0 Å². The van der Waals surface area contributed by atoms with Gasteiger partial charge in [-0.2, -0.15) is 5.10 Å². The highest BCUT2D eigenvalue weighted by atomic mass is 16.2. The number of H-pyrrole nitrogens is 1. The van der Waals surface area contributed by atoms with Crippen molar-refractivity contribution in [2.45, 2.75) is 19.9 Å². The number of hydrogen-bond donors (Lipinski definition) is 4. The van der Waals surface area contributed by atoms with Crippen LogP contribution in [-0.4, -0.2) is 22.8 Å². The third kappa shape index (κ3) is 2.65. The van der Waals surface area contributed by atoms with Crippen LogP contribution >= 0.6 is 0 Å². The molecule has 0 aliphatic carbocycles. The molecule has 0 saturated heterocycles. The smallest absolute Gasteiger partial charge is 0.312 e. The number of hydrogen-bond acceptors (Lipinski definition) is 3. The molecule has 0 atom stereocenters. The molecule has 1 aliphatic heterocycles. The van der Waals surface area contributed by atoms with E-state index in [-0.39, 0.29) is 6.03 Å². The van der Waals surface area contributed by atoms with Gasteiger partial charge in [0.05, 0.1) is 0 Å². The van der Waals surface area contributed by atoms with Gasteiger partial charge in [-0.25, -0.2) is 4.79 Å². The summed E-state index contributed by atoms with van der Waals surface area (Å²) in [6, 6.07) is 7.38. The molecule has 1 aliphatic rings. The Labute approximate surface area is 117 Å². The summed E-state index contributed by atoms with van der Waals surface area (Å²) in [5, 5.41) is 16.0. The van der Waals surface area contributed by atoms with Crippen LogP contribution in [0.4, 0.5) is 16.3 Å². The van der Waals surface area contributed by atoms with Gasteiger partial charge >= 0.3 is 6.03 Å². The lowest BCUT2D eigenvalue weighted by Crippen LogP contribution is -2.25. The molecule has 0 spiro atoms. The largest absolute Gasteiger partial charge is 0.324 e. The number of carbonyl (C=O) groups excluding carboxylic acids is 1. The number of benzene rings is 1. The first-order chi connectivity index (χ1) is 9.72. The van der Waals surface area contributed by atoms with Gasteiger partial charge in [0, 0.05) is 36.5 Å². The van der Waals surface area contributed by atoms with Crippen LogP contribution < -0.4 is 16.0 Å². The minimum Gasteiger partial charge on any atom is -0.312 e. The number of aromatic amines is 1. The summed E-state index contributed by atoms with van der Waals surface area (Å²) in [6.07, 6.45) is 0.906. The Morgan fingerprint density at radius 1 is 1.35 bits per heavy atom. The number of amides is 2. The average Bonchev–Trinajstić information content (AvgIpc) is 2.82. The van der Waals surface area contributed by atoms with Crippen molar-refractivity contribution in [1.29, 1.82) is 0 Å². The average molecular weight is 271 g/mol. The van der Waals surface area contributed by atoms with E-state index in [9.17, 15) is 4.79 Å². The number of aromatic nitrogens is 2. The summed E-state index contributed by atoms with van der Waals surface area (Å²) in [5.74, 6) is 0.595. The van der Waals surface area contributed by atoms with Crippen LogP contribution in [0, 0.1) is 6.92 Å². The Morgan fingerprint density at radius 2 is 2.25 bits per heavy atom. The Kier molecular flexibility index (Phi) is 3.39. The van der Waals surface area contributed by atoms with Crippen LogP contribution in [0.5, 0.6) is 0 Å². The molecule has 1 aromatic heterocycles. The highest BCUT2D eigenvalue weighted by Gasteiger charge is 2.17. The maximum atomic E-state index is 12.0. The Morgan fingerprint density at radius 3 is 3.10 bits per heavy atom. The van der Waals surface area contributed by atoms with Crippen molar-refractivity contribution in [3.05, 3.63) is 41.1 Å². The van der Waals surface area contributed by atoms with Crippen LogP contribution in [0.2, 0.25) is 0 Å². The van der Waals surface area contributed by atoms with Crippen LogP contribution in [0.25, 0.3) is 0 Å². The molecule has 0 fully saturated rings. The number of nitrogens with zero attached hydrogens (tertiary/aromatic N) is 1. The fourth-order valence-electron chi connectivity index (χ4n) is 2.32. The summed E-state index contributed by atoms with van der Waals surface area (Å²) >= 11 is 0. The van der Waals surface area contributed by atoms with Crippen LogP contribution in [0.1, 0.15) is 16.8 Å². The van der Waals surface area contributed by atoms with E-state index < -0.39 is 0 Å². The monoisotopic (exact) mass is 271 g/mol. The number of aryl methyl sites for hydroxylation is 1. The normalized spacial score (nSPS) is 13.7. The van der Waals surface area contributed by atoms with Gasteiger partial charge in [-0.1, -0.05) is 12.1 Å². The fraction of sp³-hybridized carbons (Fsp3) is 0.286. The van der Waals surface area contributed by atoms with Gasteiger partial charge in [-0.15, -0.1) is 0 Å². The van der Waals surface area contributed by atoms with Crippen molar-refractivity contribution in [3.8, 4) is 0 Å². The SMILES string of the molecule is Cc1cccc(NC(=O)Nc2n[nH]c3c2CNCC3)c1. The lowest BCUT2D eigenvalue weighted by Gasteiger charge is -2.13. The molecule has 0 radical (unpaired) electrons. The lowest BCUT2D eigenvalue weighted by atomic mass is 10.1. The second-order valence-corrected chi connectivity index (χ2v) is 4.90. The first kappa shape index (κ1) is 12.7. The second-order valence-electron chi connectivity index (χ2n) is 4.90. The summed E-state index contributed by atoms with van der Waals surface area (Å²) in [6.45, 7) is 3.65. The number of carbonyl (C=O) groups is 1. The maximum Gasteiger partial charge on any atom is 0.324 e. The fourth-order valence-corrected chi connectivity index (χ4v) is 2.32. The van der Waals surface area contributed by atoms with E-state index in [4.69, 9.17) is 0 Å². The van der Waals surface area contributed by atoms with Crippen molar-refractivity contribution in [2.75, 3.05) is 17.2 Å². The van der Waals surface area contributed by atoms with E-state index in [0.29, 0.717) is 5.82 Å². The molecule has 4 N–H and O–H groups in total. The van der Waals surface area contributed by atoms with E-state index in [1.807, 2.05) is 31.2 Å². The van der Waals surface area contributed by atoms with Crippen molar-refractivity contribution in [3.63, 3.8) is 0 Å². The van der Waals surface area contributed by atoms with Gasteiger partial charge in [0.15, 0.2) is 5.82 Å². The summed E-state index contributed by atoms with van der Waals surface area (Å²) in [7, 11) is 0. The van der Waals surface area contributed by atoms with Crippen molar-refractivity contribution in [2.24, 2.45) is 0 Å². The van der Waals surface area contributed by atoms with E-state index in [2.05, 4.69) is 26.1 Å². The Bertz CT molecular complexity index is 634. The maximum absolute atomic E-state index is 12.0. The van der Waals surface area contributed by atoms with Crippen LogP contribution in [-0.2, 0) is 13.0 Å². The molecule has 6 nitrogen and oxygen atoms in total. The van der Waals surface area contributed by atoms with Crippen molar-refractivity contribution in [1.82, 2.24) is 15.5 Å².